The fourth-order valence-corrected chi connectivity index (χ4v) is 1.66. The van der Waals surface area contributed by atoms with Gasteiger partial charge < -0.3 is 10.6 Å². The zero-order chi connectivity index (χ0) is 9.97. The molecule has 1 aliphatic rings. The third kappa shape index (κ3) is 2.30. The Labute approximate surface area is 94.4 Å². The average molecular weight is 231 g/mol. The summed E-state index contributed by atoms with van der Waals surface area (Å²) in [5.74, 6) is -0.0892. The van der Waals surface area contributed by atoms with Gasteiger partial charge >= 0.3 is 0 Å². The molecule has 2 rings (SSSR count). The van der Waals surface area contributed by atoms with E-state index >= 15 is 0 Å². The highest BCUT2D eigenvalue weighted by atomic mass is 35.5. The van der Waals surface area contributed by atoms with Crippen molar-refractivity contribution < 1.29 is 4.79 Å². The molecule has 1 amide bonds. The van der Waals surface area contributed by atoms with E-state index in [2.05, 4.69) is 20.8 Å². The lowest BCUT2D eigenvalue weighted by Crippen LogP contribution is -2.28. The SMILES string of the molecule is CCNC(=O)c1n[nH]c2c1CNCC2.Cl. The molecule has 0 saturated carbocycles. The van der Waals surface area contributed by atoms with Crippen LogP contribution in [0.2, 0.25) is 0 Å². The number of amides is 1. The molecule has 0 fully saturated rings. The quantitative estimate of drug-likeness (QED) is 0.681. The van der Waals surface area contributed by atoms with Gasteiger partial charge in [-0.2, -0.15) is 5.10 Å². The number of carbonyl (C=O) groups excluding carboxylic acids is 1. The second-order valence-corrected chi connectivity index (χ2v) is 3.32. The summed E-state index contributed by atoms with van der Waals surface area (Å²) in [7, 11) is 0. The van der Waals surface area contributed by atoms with E-state index in [9.17, 15) is 4.79 Å². The number of H-pyrrole nitrogens is 1. The van der Waals surface area contributed by atoms with Gasteiger partial charge in [-0.1, -0.05) is 0 Å². The van der Waals surface area contributed by atoms with E-state index < -0.39 is 0 Å². The second kappa shape index (κ2) is 5.14. The number of aromatic amines is 1. The lowest BCUT2D eigenvalue weighted by molar-refractivity contribution is 0.0949. The normalized spacial score (nSPS) is 13.9. The fraction of sp³-hybridized carbons (Fsp3) is 0.556. The van der Waals surface area contributed by atoms with Crippen LogP contribution in [-0.4, -0.2) is 29.2 Å². The smallest absolute Gasteiger partial charge is 0.272 e. The van der Waals surface area contributed by atoms with Crippen LogP contribution in [0.5, 0.6) is 0 Å². The largest absolute Gasteiger partial charge is 0.351 e. The van der Waals surface area contributed by atoms with Gasteiger partial charge in [0.05, 0.1) is 0 Å². The molecule has 3 N–H and O–H groups in total. The third-order valence-electron chi connectivity index (χ3n) is 2.36. The Hall–Kier alpha value is -1.07. The number of nitrogens with zero attached hydrogens (tertiary/aromatic N) is 1. The van der Waals surface area contributed by atoms with Crippen molar-refractivity contribution in [3.8, 4) is 0 Å². The maximum Gasteiger partial charge on any atom is 0.272 e. The average Bonchev–Trinajstić information content (AvgIpc) is 2.61. The van der Waals surface area contributed by atoms with Crippen molar-refractivity contribution >= 4 is 18.3 Å². The molecule has 6 heteroatoms. The zero-order valence-corrected chi connectivity index (χ0v) is 9.41. The number of hydrogen-bond acceptors (Lipinski definition) is 3. The topological polar surface area (TPSA) is 69.8 Å². The van der Waals surface area contributed by atoms with Gasteiger partial charge in [-0.05, 0) is 6.92 Å². The summed E-state index contributed by atoms with van der Waals surface area (Å²) in [4.78, 5) is 11.6. The van der Waals surface area contributed by atoms with Gasteiger partial charge in [0.15, 0.2) is 5.69 Å². The van der Waals surface area contributed by atoms with Crippen molar-refractivity contribution in [2.75, 3.05) is 13.1 Å². The molecule has 1 aromatic heterocycles. The van der Waals surface area contributed by atoms with Crippen molar-refractivity contribution in [2.24, 2.45) is 0 Å². The van der Waals surface area contributed by atoms with Crippen LogP contribution in [0.15, 0.2) is 0 Å². The van der Waals surface area contributed by atoms with Crippen molar-refractivity contribution in [1.82, 2.24) is 20.8 Å². The summed E-state index contributed by atoms with van der Waals surface area (Å²) in [5, 5.41) is 12.9. The Bertz CT molecular complexity index is 350. The van der Waals surface area contributed by atoms with Crippen LogP contribution < -0.4 is 10.6 Å². The number of aromatic nitrogens is 2. The van der Waals surface area contributed by atoms with Crippen LogP contribution in [0.1, 0.15) is 28.7 Å². The number of halogens is 1. The monoisotopic (exact) mass is 230 g/mol. The van der Waals surface area contributed by atoms with Crippen LogP contribution in [0.3, 0.4) is 0 Å². The molecule has 1 aliphatic heterocycles. The van der Waals surface area contributed by atoms with Gasteiger partial charge in [0.25, 0.3) is 5.91 Å². The molecule has 0 aromatic carbocycles. The molecule has 84 valence electrons. The molecule has 0 bridgehead atoms. The van der Waals surface area contributed by atoms with E-state index in [1.54, 1.807) is 0 Å². The minimum atomic E-state index is -0.0892. The molecule has 5 nitrogen and oxygen atoms in total. The maximum atomic E-state index is 11.6. The molecule has 0 atom stereocenters. The molecule has 0 unspecified atom stereocenters. The highest BCUT2D eigenvalue weighted by molar-refractivity contribution is 5.93. The molecule has 1 aromatic rings. The van der Waals surface area contributed by atoms with Crippen molar-refractivity contribution in [1.29, 1.82) is 0 Å². The number of nitrogens with one attached hydrogen (secondary N) is 3. The Morgan fingerprint density at radius 2 is 2.40 bits per heavy atom. The fourth-order valence-electron chi connectivity index (χ4n) is 1.66. The Morgan fingerprint density at radius 1 is 1.60 bits per heavy atom. The highest BCUT2D eigenvalue weighted by Crippen LogP contribution is 2.14. The van der Waals surface area contributed by atoms with Crippen LogP contribution in [0, 0.1) is 0 Å². The Morgan fingerprint density at radius 3 is 3.13 bits per heavy atom. The van der Waals surface area contributed by atoms with Gasteiger partial charge in [0, 0.05) is 37.3 Å². The standard InChI is InChI=1S/C9H14N4O.ClH/c1-2-11-9(14)8-6-5-10-4-3-7(6)12-13-8;/h10H,2-5H2,1H3,(H,11,14)(H,12,13);1H. The Balaban J connectivity index is 0.00000112. The summed E-state index contributed by atoms with van der Waals surface area (Å²) >= 11 is 0. The highest BCUT2D eigenvalue weighted by Gasteiger charge is 2.20. The number of hydrogen-bond donors (Lipinski definition) is 3. The predicted molar refractivity (Wildman–Crippen MR) is 59.3 cm³/mol. The summed E-state index contributed by atoms with van der Waals surface area (Å²) < 4.78 is 0. The molecule has 0 spiro atoms. The van der Waals surface area contributed by atoms with Gasteiger partial charge in [0.2, 0.25) is 0 Å². The van der Waals surface area contributed by atoms with E-state index in [1.165, 1.54) is 0 Å². The predicted octanol–water partition coefficient (Wildman–Crippen LogP) is 0.227. The summed E-state index contributed by atoms with van der Waals surface area (Å²) in [6.45, 7) is 4.21. The summed E-state index contributed by atoms with van der Waals surface area (Å²) in [5.41, 5.74) is 2.64. The first-order chi connectivity index (χ1) is 6.83. The number of rotatable bonds is 2. The minimum absolute atomic E-state index is 0. The van der Waals surface area contributed by atoms with Crippen molar-refractivity contribution in [2.45, 2.75) is 19.9 Å². The summed E-state index contributed by atoms with van der Waals surface area (Å²) in [6, 6.07) is 0. The third-order valence-corrected chi connectivity index (χ3v) is 2.36. The molecule has 0 aliphatic carbocycles. The van der Waals surface area contributed by atoms with Gasteiger partial charge in [-0.15, -0.1) is 12.4 Å². The zero-order valence-electron chi connectivity index (χ0n) is 8.59. The van der Waals surface area contributed by atoms with E-state index in [1.807, 2.05) is 6.92 Å². The Kier molecular flexibility index (Phi) is 4.11. The van der Waals surface area contributed by atoms with Gasteiger partial charge in [-0.3, -0.25) is 9.89 Å². The first kappa shape index (κ1) is 12.0. The summed E-state index contributed by atoms with van der Waals surface area (Å²) in [6.07, 6.45) is 0.918. The van der Waals surface area contributed by atoms with Gasteiger partial charge in [-0.25, -0.2) is 0 Å². The minimum Gasteiger partial charge on any atom is -0.351 e. The van der Waals surface area contributed by atoms with E-state index in [-0.39, 0.29) is 18.3 Å². The molecule has 2 heterocycles. The molecule has 15 heavy (non-hydrogen) atoms. The second-order valence-electron chi connectivity index (χ2n) is 3.32. The van der Waals surface area contributed by atoms with E-state index in [0.717, 1.165) is 30.8 Å². The maximum absolute atomic E-state index is 11.6. The van der Waals surface area contributed by atoms with E-state index in [4.69, 9.17) is 0 Å². The number of carbonyl (C=O) groups is 1. The molecular formula is C9H15ClN4O. The first-order valence-electron chi connectivity index (χ1n) is 4.88. The lowest BCUT2D eigenvalue weighted by Gasteiger charge is -2.12. The van der Waals surface area contributed by atoms with Crippen molar-refractivity contribution in [3.05, 3.63) is 17.0 Å². The van der Waals surface area contributed by atoms with Crippen LogP contribution in [-0.2, 0) is 13.0 Å². The lowest BCUT2D eigenvalue weighted by atomic mass is 10.1. The molecule has 0 saturated heterocycles. The van der Waals surface area contributed by atoms with Crippen LogP contribution in [0.25, 0.3) is 0 Å². The van der Waals surface area contributed by atoms with Crippen LogP contribution in [0.4, 0.5) is 0 Å². The molecular weight excluding hydrogens is 216 g/mol. The number of fused-ring (bicyclic) bond motifs is 1. The molecule has 0 radical (unpaired) electrons. The first-order valence-corrected chi connectivity index (χ1v) is 4.88. The van der Waals surface area contributed by atoms with Crippen molar-refractivity contribution in [3.63, 3.8) is 0 Å². The van der Waals surface area contributed by atoms with Crippen LogP contribution >= 0.6 is 12.4 Å². The van der Waals surface area contributed by atoms with E-state index in [0.29, 0.717) is 12.2 Å². The van der Waals surface area contributed by atoms with Gasteiger partial charge in [0.1, 0.15) is 0 Å².